The molecule has 1 atom stereocenters. The van der Waals surface area contributed by atoms with Gasteiger partial charge in [0.15, 0.2) is 0 Å². The maximum atomic E-state index is 11.8. The summed E-state index contributed by atoms with van der Waals surface area (Å²) >= 11 is 0. The fourth-order valence-corrected chi connectivity index (χ4v) is 2.08. The lowest BCUT2D eigenvalue weighted by Crippen LogP contribution is -2.27. The van der Waals surface area contributed by atoms with Crippen molar-refractivity contribution in [2.45, 2.75) is 40.7 Å². The summed E-state index contributed by atoms with van der Waals surface area (Å²) in [5.41, 5.74) is 2.05. The normalized spacial score (nSPS) is 21.1. The maximum absolute atomic E-state index is 11.8. The van der Waals surface area contributed by atoms with Crippen LogP contribution in [0, 0.1) is 25.2 Å². The molecule has 1 amide bonds. The zero-order chi connectivity index (χ0) is 12.6. The number of carbonyl (C=O) groups is 1. The van der Waals surface area contributed by atoms with E-state index in [9.17, 15) is 4.79 Å². The molecule has 4 nitrogen and oxygen atoms in total. The lowest BCUT2D eigenvalue weighted by atomic mass is 10.1. The molecule has 1 aromatic heterocycles. The predicted octanol–water partition coefficient (Wildman–Crippen LogP) is 1.76. The van der Waals surface area contributed by atoms with E-state index in [1.165, 1.54) is 0 Å². The number of hydrogen-bond acceptors (Lipinski definition) is 3. The second-order valence-corrected chi connectivity index (χ2v) is 5.53. The fraction of sp³-hybridized carbons (Fsp3) is 0.615. The van der Waals surface area contributed by atoms with Crippen molar-refractivity contribution < 1.29 is 4.79 Å². The Balaban J connectivity index is 1.92. The Morgan fingerprint density at radius 2 is 1.94 bits per heavy atom. The topological polar surface area (TPSA) is 54.9 Å². The smallest absolute Gasteiger partial charge is 0.224 e. The van der Waals surface area contributed by atoms with Gasteiger partial charge in [0.25, 0.3) is 0 Å². The molecular weight excluding hydrogens is 214 g/mol. The third kappa shape index (κ3) is 2.81. The molecule has 1 heterocycles. The molecule has 92 valence electrons. The molecule has 1 N–H and O–H groups in total. The Morgan fingerprint density at radius 1 is 1.41 bits per heavy atom. The van der Waals surface area contributed by atoms with E-state index in [2.05, 4.69) is 29.1 Å². The molecule has 2 rings (SSSR count). The van der Waals surface area contributed by atoms with Crippen LogP contribution < -0.4 is 5.32 Å². The van der Waals surface area contributed by atoms with E-state index in [0.29, 0.717) is 12.4 Å². The van der Waals surface area contributed by atoms with Crippen molar-refractivity contribution >= 4 is 5.91 Å². The van der Waals surface area contributed by atoms with Crippen LogP contribution in [-0.2, 0) is 11.3 Å². The van der Waals surface area contributed by atoms with E-state index in [1.807, 2.05) is 19.9 Å². The Kier molecular flexibility index (Phi) is 2.89. The predicted molar refractivity (Wildman–Crippen MR) is 65.2 cm³/mol. The molecule has 1 saturated carbocycles. The number of rotatable bonds is 3. The average Bonchev–Trinajstić information content (AvgIpc) is 2.83. The van der Waals surface area contributed by atoms with Gasteiger partial charge in [-0.05, 0) is 31.7 Å². The number of amides is 1. The summed E-state index contributed by atoms with van der Waals surface area (Å²) in [5, 5.41) is 2.91. The molecule has 1 aliphatic carbocycles. The first-order chi connectivity index (χ1) is 7.88. The first-order valence-corrected chi connectivity index (χ1v) is 5.97. The summed E-state index contributed by atoms with van der Waals surface area (Å²) in [6.07, 6.45) is 0.979. The van der Waals surface area contributed by atoms with Gasteiger partial charge in [-0.3, -0.25) is 4.79 Å². The molecule has 0 spiro atoms. The molecule has 0 radical (unpaired) electrons. The molecule has 0 aromatic carbocycles. The van der Waals surface area contributed by atoms with Crippen molar-refractivity contribution in [3.05, 3.63) is 23.3 Å². The summed E-state index contributed by atoms with van der Waals surface area (Å²) in [7, 11) is 0. The molecule has 0 bridgehead atoms. The monoisotopic (exact) mass is 233 g/mol. The summed E-state index contributed by atoms with van der Waals surface area (Å²) in [4.78, 5) is 20.4. The third-order valence-corrected chi connectivity index (χ3v) is 3.28. The molecule has 0 unspecified atom stereocenters. The number of aromatic nitrogens is 2. The van der Waals surface area contributed by atoms with Crippen molar-refractivity contribution in [1.82, 2.24) is 15.3 Å². The van der Waals surface area contributed by atoms with Gasteiger partial charge in [0.05, 0.1) is 6.54 Å². The zero-order valence-corrected chi connectivity index (χ0v) is 10.9. The largest absolute Gasteiger partial charge is 0.349 e. The Hall–Kier alpha value is -1.45. The Morgan fingerprint density at radius 3 is 2.41 bits per heavy atom. The van der Waals surface area contributed by atoms with E-state index >= 15 is 0 Å². The number of aryl methyl sites for hydroxylation is 2. The van der Waals surface area contributed by atoms with Crippen LogP contribution in [0.1, 0.15) is 37.5 Å². The first-order valence-electron chi connectivity index (χ1n) is 5.97. The van der Waals surface area contributed by atoms with Crippen LogP contribution >= 0.6 is 0 Å². The number of hydrogen-bond donors (Lipinski definition) is 1. The van der Waals surface area contributed by atoms with E-state index in [4.69, 9.17) is 0 Å². The van der Waals surface area contributed by atoms with Gasteiger partial charge < -0.3 is 5.32 Å². The summed E-state index contributed by atoms with van der Waals surface area (Å²) in [6, 6.07) is 1.93. The lowest BCUT2D eigenvalue weighted by Gasteiger charge is -2.07. The van der Waals surface area contributed by atoms with Crippen molar-refractivity contribution in [3.8, 4) is 0 Å². The molecule has 4 heteroatoms. The Bertz CT molecular complexity index is 434. The average molecular weight is 233 g/mol. The second-order valence-electron chi connectivity index (χ2n) is 5.53. The molecule has 1 aromatic rings. The van der Waals surface area contributed by atoms with E-state index in [0.717, 1.165) is 17.8 Å². The number of nitrogens with zero attached hydrogens (tertiary/aromatic N) is 2. The minimum absolute atomic E-state index is 0.123. The standard InChI is InChI=1S/C13H19N3O/c1-8-5-9(2)16-11(15-8)7-14-12(17)10-6-13(10,3)4/h5,10H,6-7H2,1-4H3,(H,14,17)/t10-/m1/s1. The summed E-state index contributed by atoms with van der Waals surface area (Å²) < 4.78 is 0. The molecular formula is C13H19N3O. The van der Waals surface area contributed by atoms with E-state index < -0.39 is 0 Å². The third-order valence-electron chi connectivity index (χ3n) is 3.28. The Labute approximate surface area is 102 Å². The molecule has 0 aliphatic heterocycles. The molecule has 0 saturated heterocycles. The quantitative estimate of drug-likeness (QED) is 0.865. The van der Waals surface area contributed by atoms with Crippen LogP contribution in [-0.4, -0.2) is 15.9 Å². The fourth-order valence-electron chi connectivity index (χ4n) is 2.08. The van der Waals surface area contributed by atoms with Gasteiger partial charge in [-0.2, -0.15) is 0 Å². The highest BCUT2D eigenvalue weighted by Gasteiger charge is 2.50. The van der Waals surface area contributed by atoms with Gasteiger partial charge in [-0.25, -0.2) is 9.97 Å². The van der Waals surface area contributed by atoms with E-state index in [1.54, 1.807) is 0 Å². The van der Waals surface area contributed by atoms with Gasteiger partial charge in [0.2, 0.25) is 5.91 Å². The molecule has 1 aliphatic rings. The van der Waals surface area contributed by atoms with Gasteiger partial charge in [0, 0.05) is 17.3 Å². The SMILES string of the molecule is Cc1cc(C)nc(CNC(=O)[C@H]2CC2(C)C)n1. The first kappa shape index (κ1) is 12.0. The highest BCUT2D eigenvalue weighted by molar-refractivity contribution is 5.82. The number of nitrogens with one attached hydrogen (secondary N) is 1. The maximum Gasteiger partial charge on any atom is 0.224 e. The summed E-state index contributed by atoms with van der Waals surface area (Å²) in [5.74, 6) is 0.973. The zero-order valence-electron chi connectivity index (χ0n) is 10.9. The lowest BCUT2D eigenvalue weighted by molar-refractivity contribution is -0.123. The van der Waals surface area contributed by atoms with Crippen LogP contribution in [0.15, 0.2) is 6.07 Å². The minimum atomic E-state index is 0.123. The van der Waals surface area contributed by atoms with Crippen LogP contribution in [0.3, 0.4) is 0 Å². The number of carbonyl (C=O) groups excluding carboxylic acids is 1. The van der Waals surface area contributed by atoms with Crippen molar-refractivity contribution in [3.63, 3.8) is 0 Å². The van der Waals surface area contributed by atoms with Gasteiger partial charge in [-0.15, -0.1) is 0 Å². The molecule has 1 fully saturated rings. The van der Waals surface area contributed by atoms with Crippen LogP contribution in [0.25, 0.3) is 0 Å². The second kappa shape index (κ2) is 4.09. The van der Waals surface area contributed by atoms with E-state index in [-0.39, 0.29) is 17.2 Å². The van der Waals surface area contributed by atoms with Crippen LogP contribution in [0.2, 0.25) is 0 Å². The molecule has 17 heavy (non-hydrogen) atoms. The highest BCUT2D eigenvalue weighted by atomic mass is 16.2. The van der Waals surface area contributed by atoms with Gasteiger partial charge in [-0.1, -0.05) is 13.8 Å². The minimum Gasteiger partial charge on any atom is -0.349 e. The highest BCUT2D eigenvalue weighted by Crippen LogP contribution is 2.51. The van der Waals surface area contributed by atoms with Crippen molar-refractivity contribution in [1.29, 1.82) is 0 Å². The van der Waals surface area contributed by atoms with Crippen LogP contribution in [0.4, 0.5) is 0 Å². The van der Waals surface area contributed by atoms with Crippen molar-refractivity contribution in [2.24, 2.45) is 11.3 Å². The van der Waals surface area contributed by atoms with Gasteiger partial charge in [0.1, 0.15) is 5.82 Å². The van der Waals surface area contributed by atoms with Gasteiger partial charge >= 0.3 is 0 Å². The van der Waals surface area contributed by atoms with Crippen LogP contribution in [0.5, 0.6) is 0 Å². The summed E-state index contributed by atoms with van der Waals surface area (Å²) in [6.45, 7) is 8.52. The van der Waals surface area contributed by atoms with Crippen molar-refractivity contribution in [2.75, 3.05) is 0 Å².